The molecule has 5 aromatic carbocycles. The summed E-state index contributed by atoms with van der Waals surface area (Å²) >= 11 is 3.42. The van der Waals surface area contributed by atoms with E-state index >= 15 is 0 Å². The van der Waals surface area contributed by atoms with Crippen molar-refractivity contribution in [2.75, 3.05) is 0 Å². The molecular formula is C38H26IrN3S2. The van der Waals surface area contributed by atoms with Crippen LogP contribution in [0, 0.1) is 25.1 Å². The summed E-state index contributed by atoms with van der Waals surface area (Å²) in [5.41, 5.74) is 7.54. The Morgan fingerprint density at radius 3 is 1.52 bits per heavy atom. The molecule has 0 amide bonds. The van der Waals surface area contributed by atoms with E-state index < -0.39 is 0 Å². The van der Waals surface area contributed by atoms with Crippen LogP contribution < -0.4 is 0 Å². The van der Waals surface area contributed by atoms with Crippen molar-refractivity contribution in [2.45, 2.75) is 6.92 Å². The van der Waals surface area contributed by atoms with Gasteiger partial charge < -0.3 is 4.98 Å². The molecule has 0 saturated heterocycles. The average Bonchev–Trinajstić information content (AvgIpc) is 3.72. The fourth-order valence-electron chi connectivity index (χ4n) is 4.28. The summed E-state index contributed by atoms with van der Waals surface area (Å²) in [4.78, 5) is 13.4. The molecule has 0 spiro atoms. The largest absolute Gasteiger partial charge is 3.00 e. The van der Waals surface area contributed by atoms with Gasteiger partial charge in [-0.15, -0.1) is 107 Å². The Labute approximate surface area is 279 Å². The van der Waals surface area contributed by atoms with Crippen molar-refractivity contribution < 1.29 is 20.1 Å². The molecule has 3 heterocycles. The van der Waals surface area contributed by atoms with Crippen LogP contribution in [0.15, 0.2) is 140 Å². The van der Waals surface area contributed by atoms with Crippen LogP contribution in [0.4, 0.5) is 0 Å². The van der Waals surface area contributed by atoms with E-state index in [4.69, 9.17) is 0 Å². The standard InChI is InChI=1S/2C13H8NS.C12H10N.Ir/c2*1-2-6-10(7-3-1)13-14-11-8-4-5-9-12(11)15-13;1-10-5-4-6-11(9-10)12-7-2-3-8-13-12;/h2*1-6,8-9H;2-5,7-9H,1H3;/q3*-1;+3. The normalized spacial score (nSPS) is 10.2. The van der Waals surface area contributed by atoms with Crippen LogP contribution in [0.2, 0.25) is 0 Å². The summed E-state index contributed by atoms with van der Waals surface area (Å²) in [6.07, 6.45) is 1.80. The van der Waals surface area contributed by atoms with Gasteiger partial charge >= 0.3 is 20.1 Å². The first-order valence-electron chi connectivity index (χ1n) is 13.8. The second-order valence-electron chi connectivity index (χ2n) is 9.52. The average molecular weight is 781 g/mol. The smallest absolute Gasteiger partial charge is 0.305 e. The van der Waals surface area contributed by atoms with E-state index in [0.29, 0.717) is 0 Å². The zero-order valence-electron chi connectivity index (χ0n) is 23.8. The fraction of sp³-hybridized carbons (Fsp3) is 0.0263. The van der Waals surface area contributed by atoms with Crippen molar-refractivity contribution in [1.29, 1.82) is 0 Å². The van der Waals surface area contributed by atoms with Gasteiger partial charge in [-0.1, -0.05) is 43.3 Å². The molecule has 0 unspecified atom stereocenters. The Morgan fingerprint density at radius 1 is 0.523 bits per heavy atom. The van der Waals surface area contributed by atoms with Crippen LogP contribution in [-0.2, 0) is 20.1 Å². The van der Waals surface area contributed by atoms with Gasteiger partial charge in [-0.3, -0.25) is 9.97 Å². The SMILES string of the molecule is Cc1cc[c-]c(-c2ccccn2)c1.[Ir+3].[c-]1ccccc1-c1nc2ccccc2s1.[c-]1ccccc1-c1nc2ccccc2s1. The van der Waals surface area contributed by atoms with Crippen LogP contribution in [0.3, 0.4) is 0 Å². The molecule has 6 heteroatoms. The molecule has 0 aliphatic heterocycles. The first-order valence-corrected chi connectivity index (χ1v) is 15.4. The van der Waals surface area contributed by atoms with E-state index in [0.717, 1.165) is 43.4 Å². The Hall–Kier alpha value is -4.32. The van der Waals surface area contributed by atoms with Gasteiger partial charge in [0, 0.05) is 25.6 Å². The molecule has 0 saturated carbocycles. The number of para-hydroxylation sites is 2. The summed E-state index contributed by atoms with van der Waals surface area (Å²) < 4.78 is 2.45. The van der Waals surface area contributed by atoms with Crippen LogP contribution >= 0.6 is 22.7 Å². The number of pyridine rings is 1. The Bertz CT molecular complexity index is 1860. The minimum Gasteiger partial charge on any atom is -0.305 e. The van der Waals surface area contributed by atoms with E-state index in [2.05, 4.69) is 58.3 Å². The van der Waals surface area contributed by atoms with Gasteiger partial charge in [0.05, 0.1) is 11.0 Å². The number of fused-ring (bicyclic) bond motifs is 2. The molecule has 8 aromatic rings. The van der Waals surface area contributed by atoms with Gasteiger partial charge in [-0.05, 0) is 36.0 Å². The van der Waals surface area contributed by atoms with E-state index in [9.17, 15) is 0 Å². The zero-order valence-corrected chi connectivity index (χ0v) is 27.8. The minimum absolute atomic E-state index is 0. The molecule has 3 nitrogen and oxygen atoms in total. The third-order valence-electron chi connectivity index (χ3n) is 6.36. The topological polar surface area (TPSA) is 38.7 Å². The number of hydrogen-bond acceptors (Lipinski definition) is 5. The molecule has 3 aromatic heterocycles. The van der Waals surface area contributed by atoms with Crippen molar-refractivity contribution in [3.63, 3.8) is 0 Å². The monoisotopic (exact) mass is 781 g/mol. The van der Waals surface area contributed by atoms with E-state index in [1.54, 1.807) is 28.9 Å². The number of hydrogen-bond donors (Lipinski definition) is 0. The van der Waals surface area contributed by atoms with Gasteiger partial charge in [0.1, 0.15) is 0 Å². The first kappa shape index (κ1) is 31.1. The number of aromatic nitrogens is 3. The molecule has 0 fully saturated rings. The predicted molar refractivity (Wildman–Crippen MR) is 181 cm³/mol. The minimum atomic E-state index is 0. The number of rotatable bonds is 3. The van der Waals surface area contributed by atoms with Crippen LogP contribution in [0.1, 0.15) is 5.56 Å². The molecule has 0 N–H and O–H groups in total. The molecule has 0 aliphatic carbocycles. The van der Waals surface area contributed by atoms with Crippen molar-refractivity contribution in [1.82, 2.24) is 15.0 Å². The maximum Gasteiger partial charge on any atom is 3.00 e. The van der Waals surface area contributed by atoms with E-state index in [1.807, 2.05) is 115 Å². The van der Waals surface area contributed by atoms with Crippen LogP contribution in [0.5, 0.6) is 0 Å². The van der Waals surface area contributed by atoms with Gasteiger partial charge in [-0.25, -0.2) is 0 Å². The summed E-state index contributed by atoms with van der Waals surface area (Å²) in [7, 11) is 0. The van der Waals surface area contributed by atoms with Crippen molar-refractivity contribution >= 4 is 43.1 Å². The molecule has 8 rings (SSSR count). The molecule has 44 heavy (non-hydrogen) atoms. The number of aryl methyl sites for hydroxylation is 1. The first-order chi connectivity index (χ1) is 21.2. The maximum absolute atomic E-state index is 4.57. The molecule has 0 bridgehead atoms. The summed E-state index contributed by atoms with van der Waals surface area (Å²) in [5.74, 6) is 0. The summed E-state index contributed by atoms with van der Waals surface area (Å²) in [5, 5.41) is 2.08. The Morgan fingerprint density at radius 2 is 1.05 bits per heavy atom. The molecule has 0 atom stereocenters. The van der Waals surface area contributed by atoms with Crippen LogP contribution in [-0.4, -0.2) is 15.0 Å². The summed E-state index contributed by atoms with van der Waals surface area (Å²) in [6.45, 7) is 2.07. The zero-order chi connectivity index (χ0) is 29.3. The number of nitrogens with zero attached hydrogens (tertiary/aromatic N) is 3. The quantitative estimate of drug-likeness (QED) is 0.168. The van der Waals surface area contributed by atoms with E-state index in [-0.39, 0.29) is 20.1 Å². The predicted octanol–water partition coefficient (Wildman–Crippen LogP) is 10.4. The van der Waals surface area contributed by atoms with Crippen molar-refractivity contribution in [3.05, 3.63) is 163 Å². The third kappa shape index (κ3) is 7.98. The van der Waals surface area contributed by atoms with Gasteiger partial charge in [0.2, 0.25) is 0 Å². The molecule has 0 radical (unpaired) electrons. The van der Waals surface area contributed by atoms with Gasteiger partial charge in [0.25, 0.3) is 0 Å². The molecule has 214 valence electrons. The fourth-order valence-corrected chi connectivity index (χ4v) is 6.19. The number of thiazole rings is 2. The van der Waals surface area contributed by atoms with E-state index in [1.165, 1.54) is 15.0 Å². The van der Waals surface area contributed by atoms with Gasteiger partial charge in [-0.2, -0.15) is 22.7 Å². The third-order valence-corrected chi connectivity index (χ3v) is 8.50. The van der Waals surface area contributed by atoms with Crippen molar-refractivity contribution in [3.8, 4) is 32.4 Å². The Kier molecular flexibility index (Phi) is 10.9. The Balaban J connectivity index is 0.000000130. The molecule has 0 aliphatic rings. The maximum atomic E-state index is 4.57. The second-order valence-corrected chi connectivity index (χ2v) is 11.6. The second kappa shape index (κ2) is 15.4. The van der Waals surface area contributed by atoms with Gasteiger partial charge in [0.15, 0.2) is 0 Å². The van der Waals surface area contributed by atoms with Crippen molar-refractivity contribution in [2.24, 2.45) is 0 Å². The number of benzene rings is 5. The molecular weight excluding hydrogens is 755 g/mol. The summed E-state index contributed by atoms with van der Waals surface area (Å²) in [6, 6.07) is 53.8. The van der Waals surface area contributed by atoms with Crippen LogP contribution in [0.25, 0.3) is 52.8 Å².